The molecule has 0 unspecified atom stereocenters. The van der Waals surface area contributed by atoms with Gasteiger partial charge in [0.1, 0.15) is 12.6 Å². The van der Waals surface area contributed by atoms with E-state index in [2.05, 4.69) is 5.32 Å². The molecule has 220 valence electrons. The largest absolute Gasteiger partial charge is 0.354 e. The Kier molecular flexibility index (Phi) is 11.1. The second kappa shape index (κ2) is 13.9. The van der Waals surface area contributed by atoms with Crippen LogP contribution in [0.4, 0.5) is 5.69 Å². The van der Waals surface area contributed by atoms with E-state index in [4.69, 9.17) is 34.8 Å². The summed E-state index contributed by atoms with van der Waals surface area (Å²) in [6, 6.07) is 15.2. The smallest absolute Gasteiger partial charge is 0.264 e. The Labute approximate surface area is 257 Å². The second-order valence-electron chi connectivity index (χ2n) is 10.3. The highest BCUT2D eigenvalue weighted by Gasteiger charge is 2.33. The van der Waals surface area contributed by atoms with Gasteiger partial charge in [-0.2, -0.15) is 0 Å². The van der Waals surface area contributed by atoms with Gasteiger partial charge in [0.25, 0.3) is 10.0 Å². The summed E-state index contributed by atoms with van der Waals surface area (Å²) >= 11 is 18.9. The Hall–Kier alpha value is -2.78. The fraction of sp³-hybridized carbons (Fsp3) is 0.333. The number of nitrogens with one attached hydrogen (secondary N) is 1. The number of amides is 2. The maximum absolute atomic E-state index is 14.1. The fourth-order valence-electron chi connectivity index (χ4n) is 4.09. The normalized spacial score (nSPS) is 12.2. The molecule has 0 aliphatic heterocycles. The van der Waals surface area contributed by atoms with Crippen LogP contribution in [-0.2, 0) is 26.2 Å². The predicted octanol–water partition coefficient (Wildman–Crippen LogP) is 6.65. The molecule has 1 N–H and O–H groups in total. The van der Waals surface area contributed by atoms with E-state index in [1.807, 2.05) is 20.8 Å². The molecule has 0 aromatic heterocycles. The van der Waals surface area contributed by atoms with Gasteiger partial charge in [-0.15, -0.1) is 0 Å². The molecule has 0 aliphatic carbocycles. The van der Waals surface area contributed by atoms with Crippen molar-refractivity contribution < 1.29 is 18.0 Å². The summed E-state index contributed by atoms with van der Waals surface area (Å²) in [6.45, 7) is 8.86. The third-order valence-corrected chi connectivity index (χ3v) is 9.37. The van der Waals surface area contributed by atoms with E-state index in [1.165, 1.54) is 17.0 Å². The van der Waals surface area contributed by atoms with Crippen LogP contribution in [0, 0.1) is 19.8 Å². The molecular weight excluding hydrogens is 605 g/mol. The quantitative estimate of drug-likeness (QED) is 0.255. The Morgan fingerprint density at radius 1 is 0.902 bits per heavy atom. The van der Waals surface area contributed by atoms with Crippen LogP contribution in [0.3, 0.4) is 0 Å². The van der Waals surface area contributed by atoms with Crippen molar-refractivity contribution in [2.75, 3.05) is 17.4 Å². The van der Waals surface area contributed by atoms with Gasteiger partial charge in [0.05, 0.1) is 10.6 Å². The standard InChI is InChI=1S/C30H34Cl3N3O4S/c1-19(2)16-34-30(38)22(5)35(17-23-11-12-24(31)15-27(23)33)29(37)18-36(28-8-6-7-26(32)21(28)4)41(39,40)25-13-9-20(3)10-14-25/h6-15,19,22H,16-18H2,1-5H3,(H,34,38)/t22-/m1/s1. The Morgan fingerprint density at radius 2 is 1.56 bits per heavy atom. The lowest BCUT2D eigenvalue weighted by molar-refractivity contribution is -0.139. The topological polar surface area (TPSA) is 86.8 Å². The summed E-state index contributed by atoms with van der Waals surface area (Å²) in [4.78, 5) is 28.5. The van der Waals surface area contributed by atoms with Gasteiger partial charge in [0, 0.05) is 28.2 Å². The number of anilines is 1. The summed E-state index contributed by atoms with van der Waals surface area (Å²) in [5, 5.41) is 3.95. The first-order valence-electron chi connectivity index (χ1n) is 13.1. The van der Waals surface area contributed by atoms with Crippen LogP contribution in [0.5, 0.6) is 0 Å². The number of hydrogen-bond acceptors (Lipinski definition) is 4. The zero-order valence-corrected chi connectivity index (χ0v) is 26.7. The molecule has 7 nitrogen and oxygen atoms in total. The lowest BCUT2D eigenvalue weighted by Gasteiger charge is -2.32. The first kappa shape index (κ1) is 32.7. The van der Waals surface area contributed by atoms with Crippen LogP contribution in [0.1, 0.15) is 37.5 Å². The summed E-state index contributed by atoms with van der Waals surface area (Å²) in [5.74, 6) is -0.774. The first-order valence-corrected chi connectivity index (χ1v) is 15.7. The van der Waals surface area contributed by atoms with Crippen molar-refractivity contribution in [3.05, 3.63) is 92.4 Å². The molecule has 3 aromatic carbocycles. The molecular formula is C30H34Cl3N3O4S. The molecule has 41 heavy (non-hydrogen) atoms. The molecule has 0 aliphatic rings. The minimum atomic E-state index is -4.21. The lowest BCUT2D eigenvalue weighted by atomic mass is 10.1. The van der Waals surface area contributed by atoms with Gasteiger partial charge in [0.2, 0.25) is 11.8 Å². The number of rotatable bonds is 11. The average molecular weight is 639 g/mol. The highest BCUT2D eigenvalue weighted by atomic mass is 35.5. The van der Waals surface area contributed by atoms with E-state index in [9.17, 15) is 18.0 Å². The average Bonchev–Trinajstić information content (AvgIpc) is 2.91. The Bertz CT molecular complexity index is 1510. The van der Waals surface area contributed by atoms with Crippen LogP contribution in [0.2, 0.25) is 15.1 Å². The molecule has 0 saturated heterocycles. The van der Waals surface area contributed by atoms with Crippen LogP contribution in [0.25, 0.3) is 0 Å². The third-order valence-electron chi connectivity index (χ3n) is 6.60. The molecule has 3 rings (SSSR count). The summed E-state index contributed by atoms with van der Waals surface area (Å²) in [6.07, 6.45) is 0. The van der Waals surface area contributed by atoms with Crippen molar-refractivity contribution in [3.63, 3.8) is 0 Å². The highest BCUT2D eigenvalue weighted by Crippen LogP contribution is 2.31. The molecule has 0 fully saturated rings. The van der Waals surface area contributed by atoms with Crippen molar-refractivity contribution in [3.8, 4) is 0 Å². The summed E-state index contributed by atoms with van der Waals surface area (Å²) in [5.41, 5.74) is 2.19. The monoisotopic (exact) mass is 637 g/mol. The molecule has 0 spiro atoms. The SMILES string of the molecule is Cc1ccc(S(=O)(=O)N(CC(=O)N(Cc2ccc(Cl)cc2Cl)[C@H](C)C(=O)NCC(C)C)c2cccc(Cl)c2C)cc1. The van der Waals surface area contributed by atoms with E-state index >= 15 is 0 Å². The molecule has 1 atom stereocenters. The van der Waals surface area contributed by atoms with Crippen molar-refractivity contribution in [2.45, 2.75) is 52.1 Å². The van der Waals surface area contributed by atoms with Gasteiger partial charge in [0.15, 0.2) is 0 Å². The first-order chi connectivity index (χ1) is 19.2. The van der Waals surface area contributed by atoms with Crippen LogP contribution >= 0.6 is 34.8 Å². The molecule has 3 aromatic rings. The van der Waals surface area contributed by atoms with Gasteiger partial charge in [-0.3, -0.25) is 13.9 Å². The Balaban J connectivity index is 2.08. The predicted molar refractivity (Wildman–Crippen MR) is 166 cm³/mol. The van der Waals surface area contributed by atoms with Crippen molar-refractivity contribution in [1.29, 1.82) is 0 Å². The van der Waals surface area contributed by atoms with Gasteiger partial charge in [-0.05, 0) is 74.2 Å². The van der Waals surface area contributed by atoms with Crippen molar-refractivity contribution >= 4 is 62.3 Å². The summed E-state index contributed by atoms with van der Waals surface area (Å²) in [7, 11) is -4.21. The van der Waals surface area contributed by atoms with Crippen molar-refractivity contribution in [2.24, 2.45) is 5.92 Å². The zero-order chi connectivity index (χ0) is 30.5. The number of nitrogens with zero attached hydrogens (tertiary/aromatic N) is 2. The maximum atomic E-state index is 14.1. The van der Waals surface area contributed by atoms with E-state index < -0.39 is 28.5 Å². The number of halogens is 3. The molecule has 0 saturated carbocycles. The van der Waals surface area contributed by atoms with E-state index in [-0.39, 0.29) is 29.0 Å². The Morgan fingerprint density at radius 3 is 2.17 bits per heavy atom. The van der Waals surface area contributed by atoms with Crippen LogP contribution < -0.4 is 9.62 Å². The van der Waals surface area contributed by atoms with Gasteiger partial charge in [-0.1, -0.05) is 78.5 Å². The van der Waals surface area contributed by atoms with Gasteiger partial charge in [-0.25, -0.2) is 8.42 Å². The number of hydrogen-bond donors (Lipinski definition) is 1. The molecule has 2 amide bonds. The highest BCUT2D eigenvalue weighted by molar-refractivity contribution is 7.92. The fourth-order valence-corrected chi connectivity index (χ4v) is 6.19. The maximum Gasteiger partial charge on any atom is 0.264 e. The number of sulfonamides is 1. The number of carbonyl (C=O) groups excluding carboxylic acids is 2. The van der Waals surface area contributed by atoms with E-state index in [0.29, 0.717) is 32.7 Å². The number of benzene rings is 3. The lowest BCUT2D eigenvalue weighted by Crippen LogP contribution is -2.51. The molecule has 11 heteroatoms. The van der Waals surface area contributed by atoms with Crippen molar-refractivity contribution in [1.82, 2.24) is 10.2 Å². The molecule has 0 radical (unpaired) electrons. The minimum Gasteiger partial charge on any atom is -0.354 e. The van der Waals surface area contributed by atoms with Crippen LogP contribution in [0.15, 0.2) is 65.6 Å². The van der Waals surface area contributed by atoms with Gasteiger partial charge < -0.3 is 10.2 Å². The van der Waals surface area contributed by atoms with E-state index in [1.54, 1.807) is 62.4 Å². The molecule has 0 heterocycles. The van der Waals surface area contributed by atoms with E-state index in [0.717, 1.165) is 9.87 Å². The molecule has 0 bridgehead atoms. The van der Waals surface area contributed by atoms with Crippen LogP contribution in [-0.4, -0.2) is 44.3 Å². The number of carbonyl (C=O) groups is 2. The summed E-state index contributed by atoms with van der Waals surface area (Å²) < 4.78 is 29.0. The zero-order valence-electron chi connectivity index (χ0n) is 23.6. The third kappa shape index (κ3) is 8.16. The minimum absolute atomic E-state index is 0.0188. The second-order valence-corrected chi connectivity index (χ2v) is 13.4. The number of aryl methyl sites for hydroxylation is 1. The van der Waals surface area contributed by atoms with Gasteiger partial charge >= 0.3 is 0 Å².